The second kappa shape index (κ2) is 6.70. The maximum atomic E-state index is 12.2. The molecule has 1 aliphatic rings. The fourth-order valence-corrected chi connectivity index (χ4v) is 3.19. The number of amides is 2. The van der Waals surface area contributed by atoms with Gasteiger partial charge in [0.2, 0.25) is 11.8 Å². The Hall–Kier alpha value is -2.21. The van der Waals surface area contributed by atoms with Gasteiger partial charge in [-0.25, -0.2) is 0 Å². The zero-order valence-electron chi connectivity index (χ0n) is 12.1. The predicted octanol–water partition coefficient (Wildman–Crippen LogP) is 1.81. The third-order valence-electron chi connectivity index (χ3n) is 3.73. The van der Waals surface area contributed by atoms with Gasteiger partial charge < -0.3 is 10.2 Å². The van der Waals surface area contributed by atoms with Gasteiger partial charge >= 0.3 is 0 Å². The summed E-state index contributed by atoms with van der Waals surface area (Å²) in [6.07, 6.45) is 3.71. The standard InChI is InChI=1S/C16H17N3O2S/c20-15-8-13(16(21)18-9-14-2-1-7-22-14)11-19(15)10-12-3-5-17-6-4-12/h1-7,13H,8-11H2,(H,18,21). The Morgan fingerprint density at radius 1 is 1.36 bits per heavy atom. The Bertz CT molecular complexity index is 643. The molecule has 0 aliphatic carbocycles. The van der Waals surface area contributed by atoms with Crippen LogP contribution in [0.4, 0.5) is 0 Å². The number of carbonyl (C=O) groups is 2. The van der Waals surface area contributed by atoms with Crippen LogP contribution < -0.4 is 5.32 Å². The summed E-state index contributed by atoms with van der Waals surface area (Å²) < 4.78 is 0. The molecule has 114 valence electrons. The minimum Gasteiger partial charge on any atom is -0.351 e. The van der Waals surface area contributed by atoms with Crippen molar-refractivity contribution in [3.05, 3.63) is 52.5 Å². The Labute approximate surface area is 133 Å². The monoisotopic (exact) mass is 315 g/mol. The summed E-state index contributed by atoms with van der Waals surface area (Å²) >= 11 is 1.61. The van der Waals surface area contributed by atoms with E-state index in [1.807, 2.05) is 29.6 Å². The van der Waals surface area contributed by atoms with E-state index in [1.54, 1.807) is 28.6 Å². The van der Waals surface area contributed by atoms with Crippen LogP contribution in [0.1, 0.15) is 16.9 Å². The molecule has 1 saturated heterocycles. The number of thiophene rings is 1. The van der Waals surface area contributed by atoms with Gasteiger partial charge in [-0.15, -0.1) is 11.3 Å². The molecule has 0 spiro atoms. The Balaban J connectivity index is 1.53. The molecule has 1 atom stereocenters. The van der Waals surface area contributed by atoms with E-state index in [0.29, 0.717) is 26.1 Å². The largest absolute Gasteiger partial charge is 0.351 e. The maximum Gasteiger partial charge on any atom is 0.225 e. The molecular weight excluding hydrogens is 298 g/mol. The molecule has 1 aliphatic heterocycles. The van der Waals surface area contributed by atoms with Gasteiger partial charge in [-0.1, -0.05) is 6.07 Å². The van der Waals surface area contributed by atoms with E-state index in [1.165, 1.54) is 0 Å². The Morgan fingerprint density at radius 3 is 2.91 bits per heavy atom. The third kappa shape index (κ3) is 3.51. The van der Waals surface area contributed by atoms with E-state index < -0.39 is 0 Å². The van der Waals surface area contributed by atoms with Crippen molar-refractivity contribution < 1.29 is 9.59 Å². The lowest BCUT2D eigenvalue weighted by Gasteiger charge is -2.16. The van der Waals surface area contributed by atoms with E-state index in [9.17, 15) is 9.59 Å². The topological polar surface area (TPSA) is 62.3 Å². The number of pyridine rings is 1. The molecule has 1 fully saturated rings. The normalized spacial score (nSPS) is 17.7. The predicted molar refractivity (Wildman–Crippen MR) is 83.9 cm³/mol. The molecule has 2 aromatic rings. The minimum atomic E-state index is -0.255. The van der Waals surface area contributed by atoms with Crippen LogP contribution in [0.5, 0.6) is 0 Å². The summed E-state index contributed by atoms with van der Waals surface area (Å²) in [4.78, 5) is 31.1. The molecule has 2 amide bonds. The number of rotatable bonds is 5. The van der Waals surface area contributed by atoms with Crippen molar-refractivity contribution in [3.8, 4) is 0 Å². The fraction of sp³-hybridized carbons (Fsp3) is 0.312. The van der Waals surface area contributed by atoms with Gasteiger partial charge in [0.1, 0.15) is 0 Å². The lowest BCUT2D eigenvalue weighted by Crippen LogP contribution is -2.32. The second-order valence-corrected chi connectivity index (χ2v) is 6.36. The first-order valence-corrected chi connectivity index (χ1v) is 8.07. The van der Waals surface area contributed by atoms with E-state index in [-0.39, 0.29) is 17.7 Å². The number of aromatic nitrogens is 1. The van der Waals surface area contributed by atoms with Gasteiger partial charge in [-0.3, -0.25) is 14.6 Å². The van der Waals surface area contributed by atoms with E-state index >= 15 is 0 Å². The molecule has 5 nitrogen and oxygen atoms in total. The van der Waals surface area contributed by atoms with Crippen molar-refractivity contribution in [2.24, 2.45) is 5.92 Å². The quantitative estimate of drug-likeness (QED) is 0.915. The van der Waals surface area contributed by atoms with E-state index in [4.69, 9.17) is 0 Å². The van der Waals surface area contributed by atoms with E-state index in [2.05, 4.69) is 10.3 Å². The van der Waals surface area contributed by atoms with E-state index in [0.717, 1.165) is 10.4 Å². The minimum absolute atomic E-state index is 0.0353. The molecule has 0 aromatic carbocycles. The Kier molecular flexibility index (Phi) is 4.48. The van der Waals surface area contributed by atoms with Crippen LogP contribution >= 0.6 is 11.3 Å². The molecule has 1 N–H and O–H groups in total. The highest BCUT2D eigenvalue weighted by Gasteiger charge is 2.34. The summed E-state index contributed by atoms with van der Waals surface area (Å²) in [6, 6.07) is 7.72. The average Bonchev–Trinajstić information content (AvgIpc) is 3.16. The van der Waals surface area contributed by atoms with Gasteiger partial charge in [0.15, 0.2) is 0 Å². The highest BCUT2D eigenvalue weighted by atomic mass is 32.1. The van der Waals surface area contributed by atoms with Gasteiger partial charge in [0, 0.05) is 36.8 Å². The number of hydrogen-bond acceptors (Lipinski definition) is 4. The van der Waals surface area contributed by atoms with Crippen LogP contribution in [-0.2, 0) is 22.7 Å². The van der Waals surface area contributed by atoms with Crippen molar-refractivity contribution >= 4 is 23.2 Å². The zero-order chi connectivity index (χ0) is 15.4. The third-order valence-corrected chi connectivity index (χ3v) is 4.60. The van der Waals surface area contributed by atoms with Crippen molar-refractivity contribution in [2.45, 2.75) is 19.5 Å². The average molecular weight is 315 g/mol. The van der Waals surface area contributed by atoms with Crippen LogP contribution in [0.2, 0.25) is 0 Å². The summed E-state index contributed by atoms with van der Waals surface area (Å²) in [5.41, 5.74) is 1.03. The highest BCUT2D eigenvalue weighted by Crippen LogP contribution is 2.20. The summed E-state index contributed by atoms with van der Waals surface area (Å²) in [5.74, 6) is -0.263. The lowest BCUT2D eigenvalue weighted by atomic mass is 10.1. The number of nitrogens with one attached hydrogen (secondary N) is 1. The first-order chi connectivity index (χ1) is 10.7. The Morgan fingerprint density at radius 2 is 2.18 bits per heavy atom. The van der Waals surface area contributed by atoms with Gasteiger partial charge in [0.25, 0.3) is 0 Å². The summed E-state index contributed by atoms with van der Waals surface area (Å²) in [6.45, 7) is 1.55. The van der Waals surface area contributed by atoms with Crippen LogP contribution in [0, 0.1) is 5.92 Å². The summed E-state index contributed by atoms with van der Waals surface area (Å²) in [7, 11) is 0. The number of nitrogens with zero attached hydrogens (tertiary/aromatic N) is 2. The van der Waals surface area contributed by atoms with Crippen molar-refractivity contribution in [1.82, 2.24) is 15.2 Å². The molecule has 1 unspecified atom stereocenters. The van der Waals surface area contributed by atoms with Crippen molar-refractivity contribution in [1.29, 1.82) is 0 Å². The van der Waals surface area contributed by atoms with Crippen LogP contribution in [-0.4, -0.2) is 28.2 Å². The summed E-state index contributed by atoms with van der Waals surface area (Å²) in [5, 5.41) is 4.90. The van der Waals surface area contributed by atoms with Crippen LogP contribution in [0.15, 0.2) is 42.0 Å². The first kappa shape index (κ1) is 14.7. The molecule has 0 saturated carbocycles. The van der Waals surface area contributed by atoms with Crippen LogP contribution in [0.25, 0.3) is 0 Å². The molecule has 3 heterocycles. The molecule has 0 bridgehead atoms. The molecule has 0 radical (unpaired) electrons. The van der Waals surface area contributed by atoms with Gasteiger partial charge in [-0.05, 0) is 29.1 Å². The zero-order valence-corrected chi connectivity index (χ0v) is 12.9. The molecule has 22 heavy (non-hydrogen) atoms. The van der Waals surface area contributed by atoms with Gasteiger partial charge in [0.05, 0.1) is 12.5 Å². The number of carbonyl (C=O) groups excluding carboxylic acids is 2. The highest BCUT2D eigenvalue weighted by molar-refractivity contribution is 7.09. The maximum absolute atomic E-state index is 12.2. The molecule has 6 heteroatoms. The van der Waals surface area contributed by atoms with Gasteiger partial charge in [-0.2, -0.15) is 0 Å². The van der Waals surface area contributed by atoms with Crippen molar-refractivity contribution in [2.75, 3.05) is 6.54 Å². The first-order valence-electron chi connectivity index (χ1n) is 7.19. The molecule has 3 rings (SSSR count). The smallest absolute Gasteiger partial charge is 0.225 e. The number of likely N-dealkylation sites (tertiary alicyclic amines) is 1. The van der Waals surface area contributed by atoms with Crippen LogP contribution in [0.3, 0.4) is 0 Å². The molecular formula is C16H17N3O2S. The SMILES string of the molecule is O=C(NCc1cccs1)C1CC(=O)N(Cc2ccncc2)C1. The fourth-order valence-electron chi connectivity index (χ4n) is 2.54. The van der Waals surface area contributed by atoms with Crippen molar-refractivity contribution in [3.63, 3.8) is 0 Å². The molecule has 2 aromatic heterocycles. The number of hydrogen-bond donors (Lipinski definition) is 1. The second-order valence-electron chi connectivity index (χ2n) is 5.33. The lowest BCUT2D eigenvalue weighted by molar-refractivity contribution is -0.129.